The third-order valence-electron chi connectivity index (χ3n) is 2.61. The topological polar surface area (TPSA) is 52.1 Å². The fraction of sp³-hybridized carbons (Fsp3) is 0.500. The molecule has 15 heavy (non-hydrogen) atoms. The minimum Gasteiger partial charge on any atom is -0.465 e. The van der Waals surface area contributed by atoms with Crippen molar-refractivity contribution < 1.29 is 9.53 Å². The Hall–Kier alpha value is -1.16. The molecular formula is C10H11ClN2O2. The van der Waals surface area contributed by atoms with E-state index in [0.717, 1.165) is 12.2 Å². The zero-order valence-corrected chi connectivity index (χ0v) is 9.28. The van der Waals surface area contributed by atoms with Gasteiger partial charge in [0.15, 0.2) is 0 Å². The Morgan fingerprint density at radius 2 is 2.33 bits per heavy atom. The molecule has 1 saturated carbocycles. The first-order valence-electron chi connectivity index (χ1n) is 4.74. The number of halogens is 1. The summed E-state index contributed by atoms with van der Waals surface area (Å²) in [7, 11) is 1.30. The van der Waals surface area contributed by atoms with Crippen molar-refractivity contribution in [3.63, 3.8) is 0 Å². The van der Waals surface area contributed by atoms with Gasteiger partial charge in [0, 0.05) is 12.1 Å². The minimum absolute atomic E-state index is 0.172. The van der Waals surface area contributed by atoms with Crippen LogP contribution in [0.3, 0.4) is 0 Å². The Bertz CT molecular complexity index is 408. The first kappa shape index (κ1) is 10.4. The molecule has 2 unspecified atom stereocenters. The van der Waals surface area contributed by atoms with Crippen LogP contribution in [0.4, 0.5) is 0 Å². The average molecular weight is 227 g/mol. The number of hydrogen-bond donors (Lipinski definition) is 0. The summed E-state index contributed by atoms with van der Waals surface area (Å²) in [5.74, 6) is 1.23. The van der Waals surface area contributed by atoms with E-state index in [-0.39, 0.29) is 10.7 Å². The van der Waals surface area contributed by atoms with Gasteiger partial charge in [0.2, 0.25) is 0 Å². The maximum Gasteiger partial charge on any atom is 0.342 e. The lowest BCUT2D eigenvalue weighted by atomic mass is 10.3. The van der Waals surface area contributed by atoms with Crippen molar-refractivity contribution in [2.45, 2.75) is 19.3 Å². The summed E-state index contributed by atoms with van der Waals surface area (Å²) in [6, 6.07) is 0. The lowest BCUT2D eigenvalue weighted by molar-refractivity contribution is 0.0600. The van der Waals surface area contributed by atoms with Crippen LogP contribution in [0, 0.1) is 5.92 Å². The van der Waals surface area contributed by atoms with Crippen LogP contribution in [0.2, 0.25) is 5.15 Å². The number of ether oxygens (including phenoxy) is 1. The summed E-state index contributed by atoms with van der Waals surface area (Å²) >= 11 is 5.87. The molecule has 0 aliphatic heterocycles. The lowest BCUT2D eigenvalue weighted by Gasteiger charge is -2.02. The summed E-state index contributed by atoms with van der Waals surface area (Å²) < 4.78 is 4.55. The number of methoxy groups -OCH3 is 1. The second kappa shape index (κ2) is 3.77. The summed E-state index contributed by atoms with van der Waals surface area (Å²) in [5, 5.41) is 0.172. The first-order chi connectivity index (χ1) is 7.13. The predicted octanol–water partition coefficient (Wildman–Crippen LogP) is 2.04. The molecule has 4 nitrogen and oxygen atoms in total. The second-order valence-electron chi connectivity index (χ2n) is 3.74. The molecule has 1 aromatic heterocycles. The molecule has 80 valence electrons. The van der Waals surface area contributed by atoms with E-state index in [0.29, 0.717) is 11.8 Å². The van der Waals surface area contributed by atoms with Gasteiger partial charge < -0.3 is 4.74 Å². The van der Waals surface area contributed by atoms with Crippen molar-refractivity contribution in [3.8, 4) is 0 Å². The monoisotopic (exact) mass is 226 g/mol. The highest BCUT2D eigenvalue weighted by atomic mass is 35.5. The molecule has 5 heteroatoms. The molecule has 1 heterocycles. The van der Waals surface area contributed by atoms with Crippen LogP contribution in [0.15, 0.2) is 6.20 Å². The van der Waals surface area contributed by atoms with E-state index in [4.69, 9.17) is 11.6 Å². The van der Waals surface area contributed by atoms with Crippen molar-refractivity contribution in [2.75, 3.05) is 7.11 Å². The summed E-state index contributed by atoms with van der Waals surface area (Å²) in [6.45, 7) is 2.14. The zero-order valence-electron chi connectivity index (χ0n) is 8.53. The number of esters is 1. The van der Waals surface area contributed by atoms with Crippen LogP contribution >= 0.6 is 11.6 Å². The van der Waals surface area contributed by atoms with Gasteiger partial charge in [-0.2, -0.15) is 0 Å². The molecule has 1 aliphatic carbocycles. The minimum atomic E-state index is -0.504. The van der Waals surface area contributed by atoms with Gasteiger partial charge in [-0.05, 0) is 12.3 Å². The molecule has 1 fully saturated rings. The highest BCUT2D eigenvalue weighted by molar-refractivity contribution is 6.32. The second-order valence-corrected chi connectivity index (χ2v) is 4.10. The summed E-state index contributed by atoms with van der Waals surface area (Å²) in [6.07, 6.45) is 2.52. The van der Waals surface area contributed by atoms with Crippen molar-refractivity contribution >= 4 is 17.6 Å². The van der Waals surface area contributed by atoms with E-state index in [1.807, 2.05) is 0 Å². The van der Waals surface area contributed by atoms with Gasteiger partial charge in [0.25, 0.3) is 0 Å². The zero-order chi connectivity index (χ0) is 11.0. The number of aromatic nitrogens is 2. The number of carbonyl (C=O) groups is 1. The lowest BCUT2D eigenvalue weighted by Crippen LogP contribution is -2.06. The molecule has 2 atom stereocenters. The molecule has 1 aromatic rings. The highest BCUT2D eigenvalue weighted by Crippen LogP contribution is 2.45. The van der Waals surface area contributed by atoms with Crippen LogP contribution in [-0.4, -0.2) is 23.0 Å². The molecule has 0 amide bonds. The van der Waals surface area contributed by atoms with Crippen molar-refractivity contribution in [1.82, 2.24) is 9.97 Å². The van der Waals surface area contributed by atoms with Gasteiger partial charge in [-0.1, -0.05) is 18.5 Å². The molecule has 1 aliphatic rings. The maximum absolute atomic E-state index is 11.2. The van der Waals surface area contributed by atoms with Crippen molar-refractivity contribution in [2.24, 2.45) is 5.92 Å². The number of carbonyl (C=O) groups excluding carboxylic acids is 1. The third kappa shape index (κ3) is 1.95. The van der Waals surface area contributed by atoms with Crippen molar-refractivity contribution in [1.29, 1.82) is 0 Å². The molecule has 0 spiro atoms. The van der Waals surface area contributed by atoms with Gasteiger partial charge >= 0.3 is 5.97 Å². The van der Waals surface area contributed by atoms with Gasteiger partial charge in [0.05, 0.1) is 7.11 Å². The summed E-state index contributed by atoms with van der Waals surface area (Å²) in [5.41, 5.74) is 0.219. The molecule has 0 N–H and O–H groups in total. The summed E-state index contributed by atoms with van der Waals surface area (Å²) in [4.78, 5) is 19.4. The standard InChI is InChI=1S/C10H11ClN2O2/c1-5-3-6(5)9-12-4-7(8(11)13-9)10(14)15-2/h4-6H,3H2,1-2H3. The number of nitrogens with zero attached hydrogens (tertiary/aromatic N) is 2. The van der Waals surface area contributed by atoms with E-state index in [1.165, 1.54) is 13.3 Å². The van der Waals surface area contributed by atoms with Gasteiger partial charge in [-0.15, -0.1) is 0 Å². The Morgan fingerprint density at radius 3 is 2.80 bits per heavy atom. The van der Waals surface area contributed by atoms with E-state index in [9.17, 15) is 4.79 Å². The SMILES string of the molecule is COC(=O)c1cnc(C2CC2C)nc1Cl. The van der Waals surface area contributed by atoms with E-state index in [2.05, 4.69) is 21.6 Å². The fourth-order valence-corrected chi connectivity index (χ4v) is 1.69. The van der Waals surface area contributed by atoms with Gasteiger partial charge in [-0.25, -0.2) is 14.8 Å². The van der Waals surface area contributed by atoms with E-state index < -0.39 is 5.97 Å². The molecule has 0 aromatic carbocycles. The molecule has 0 bridgehead atoms. The molecule has 2 rings (SSSR count). The quantitative estimate of drug-likeness (QED) is 0.572. The predicted molar refractivity (Wildman–Crippen MR) is 54.9 cm³/mol. The highest BCUT2D eigenvalue weighted by Gasteiger charge is 2.37. The Labute approximate surface area is 92.6 Å². The number of rotatable bonds is 2. The van der Waals surface area contributed by atoms with Gasteiger partial charge in [0.1, 0.15) is 16.5 Å². The maximum atomic E-state index is 11.2. The van der Waals surface area contributed by atoms with E-state index >= 15 is 0 Å². The fourth-order valence-electron chi connectivity index (χ4n) is 1.48. The number of hydrogen-bond acceptors (Lipinski definition) is 4. The molecule has 0 radical (unpaired) electrons. The Kier molecular flexibility index (Phi) is 2.61. The van der Waals surface area contributed by atoms with Crippen LogP contribution in [0.25, 0.3) is 0 Å². The Balaban J connectivity index is 2.27. The van der Waals surface area contributed by atoms with Crippen LogP contribution in [0.1, 0.15) is 35.4 Å². The first-order valence-corrected chi connectivity index (χ1v) is 5.12. The average Bonchev–Trinajstić information content (AvgIpc) is 2.94. The van der Waals surface area contributed by atoms with E-state index in [1.54, 1.807) is 0 Å². The largest absolute Gasteiger partial charge is 0.465 e. The molecule has 0 saturated heterocycles. The third-order valence-corrected chi connectivity index (χ3v) is 2.90. The van der Waals surface area contributed by atoms with Gasteiger partial charge in [-0.3, -0.25) is 0 Å². The smallest absolute Gasteiger partial charge is 0.342 e. The van der Waals surface area contributed by atoms with Crippen molar-refractivity contribution in [3.05, 3.63) is 22.7 Å². The Morgan fingerprint density at radius 1 is 1.67 bits per heavy atom. The van der Waals surface area contributed by atoms with Crippen LogP contribution < -0.4 is 0 Å². The van der Waals surface area contributed by atoms with Crippen LogP contribution in [-0.2, 0) is 4.74 Å². The molecular weight excluding hydrogens is 216 g/mol. The van der Waals surface area contributed by atoms with Crippen LogP contribution in [0.5, 0.6) is 0 Å². The normalized spacial score (nSPS) is 23.7.